The van der Waals surface area contributed by atoms with E-state index in [-0.39, 0.29) is 17.1 Å². The molecule has 2 N–H and O–H groups in total. The van der Waals surface area contributed by atoms with Crippen LogP contribution >= 0.6 is 23.1 Å². The van der Waals surface area contributed by atoms with Gasteiger partial charge in [0.1, 0.15) is 5.75 Å². The highest BCUT2D eigenvalue weighted by Crippen LogP contribution is 2.35. The molecule has 0 atom stereocenters. The van der Waals surface area contributed by atoms with E-state index in [1.807, 2.05) is 42.5 Å². The summed E-state index contributed by atoms with van der Waals surface area (Å²) in [6.45, 7) is 0. The Balaban J connectivity index is 0.000000771. The molecule has 1 aliphatic heterocycles. The van der Waals surface area contributed by atoms with Gasteiger partial charge in [0.15, 0.2) is 5.69 Å². The van der Waals surface area contributed by atoms with Crippen molar-refractivity contribution in [3.63, 3.8) is 0 Å². The molecule has 0 unspecified atom stereocenters. The summed E-state index contributed by atoms with van der Waals surface area (Å²) >= 11 is 3.34. The van der Waals surface area contributed by atoms with Crippen LogP contribution in [0.25, 0.3) is 11.1 Å². The number of non-ortho nitro benzene ring substituents is 1. The Labute approximate surface area is 226 Å². The van der Waals surface area contributed by atoms with E-state index in [2.05, 4.69) is 21.3 Å². The van der Waals surface area contributed by atoms with E-state index in [9.17, 15) is 37.5 Å². The van der Waals surface area contributed by atoms with Gasteiger partial charge >= 0.3 is 12.9 Å². The first-order valence-corrected chi connectivity index (χ1v) is 12.8. The number of halogens is 4. The molecule has 9 nitrogen and oxygen atoms in total. The van der Waals surface area contributed by atoms with Crippen molar-refractivity contribution in [2.45, 2.75) is 10.6 Å². The number of fused-ring (bicyclic) bond motifs is 1. The third-order valence-corrected chi connectivity index (χ3v) is 7.01. The summed E-state index contributed by atoms with van der Waals surface area (Å²) in [4.78, 5) is 22.1. The van der Waals surface area contributed by atoms with Crippen LogP contribution in [0.4, 0.5) is 34.3 Å². The Morgan fingerprint density at radius 2 is 1.67 bits per heavy atom. The molecule has 1 aliphatic carbocycles. The topological polar surface area (TPSA) is 122 Å². The summed E-state index contributed by atoms with van der Waals surface area (Å²) in [5.41, 5.74) is 5.49. The number of benzene rings is 3. The summed E-state index contributed by atoms with van der Waals surface area (Å²) < 4.78 is 44.2. The summed E-state index contributed by atoms with van der Waals surface area (Å²) in [5, 5.41) is 30.1. The van der Waals surface area contributed by atoms with Gasteiger partial charge in [-0.15, -0.1) is 16.9 Å². The van der Waals surface area contributed by atoms with E-state index in [1.54, 1.807) is 30.2 Å². The van der Waals surface area contributed by atoms with E-state index >= 15 is 0 Å². The number of thioether (sulfide) groups is 1. The Morgan fingerprint density at radius 1 is 0.974 bits per heavy atom. The Bertz CT molecular complexity index is 1500. The second-order valence-corrected chi connectivity index (χ2v) is 9.40. The first-order valence-electron chi connectivity index (χ1n) is 10.9. The van der Waals surface area contributed by atoms with Crippen LogP contribution in [0.15, 0.2) is 76.3 Å². The number of nitro groups is 2. The van der Waals surface area contributed by atoms with Crippen LogP contribution in [0.1, 0.15) is 5.56 Å². The number of methoxy groups -OCH3 is 1. The molecule has 4 rings (SSSR count). The number of nitrogens with one attached hydrogen (secondary N) is 2. The molecule has 2 aliphatic rings. The number of hydrazine groups is 1. The van der Waals surface area contributed by atoms with Crippen LogP contribution in [0.3, 0.4) is 0 Å². The third-order valence-electron chi connectivity index (χ3n) is 4.97. The molecule has 0 spiro atoms. The van der Waals surface area contributed by atoms with Crippen molar-refractivity contribution in [2.75, 3.05) is 12.5 Å². The largest absolute Gasteiger partial charge is 0.673 e. The van der Waals surface area contributed by atoms with E-state index in [0.717, 1.165) is 33.6 Å². The van der Waals surface area contributed by atoms with Crippen LogP contribution in [0.5, 0.6) is 5.75 Å². The standard InChI is InChI=1S/C23H18N4O5S2.BF4/c1-32-19-7-2-15(3-8-19)12-34-23-14-33-13-16-4-5-17(10-20(16)23)24-25-21-9-6-18(26(28)29)11-22(21)27(30)31;2-1(3,4)5/h2-11,13-14,25H,12H2,1H3;/q;-1/p+1/b24-17-;. The minimum Gasteiger partial charge on any atom is -0.497 e. The SMILES string of the molecule is COc1ccc(CSc2cscc3cc/c(=[NH+]/Nc4ccc([N+](=O)[O-])cc4[N+](=O)[O-])cc2-3)cc1.F[B-](F)(F)F. The van der Waals surface area contributed by atoms with Crippen LogP contribution < -0.4 is 20.6 Å². The minimum absolute atomic E-state index is 0.125. The number of hydrogen-bond donors (Lipinski definition) is 2. The summed E-state index contributed by atoms with van der Waals surface area (Å²) in [6, 6.07) is 17.2. The zero-order chi connectivity index (χ0) is 28.6. The number of hydrogen-bond acceptors (Lipinski definition) is 8. The average Bonchev–Trinajstić information content (AvgIpc) is 2.89. The molecule has 2 aromatic carbocycles. The number of ether oxygens (including phenoxy) is 1. The predicted octanol–water partition coefficient (Wildman–Crippen LogP) is 5.28. The lowest BCUT2D eigenvalue weighted by Crippen LogP contribution is -2.81. The fourth-order valence-electron chi connectivity index (χ4n) is 3.21. The molecular formula is C23H19BF4N4O5S2. The molecule has 0 radical (unpaired) electrons. The van der Waals surface area contributed by atoms with E-state index < -0.39 is 17.1 Å². The van der Waals surface area contributed by atoms with Gasteiger partial charge in [-0.1, -0.05) is 12.1 Å². The molecular weight excluding hydrogens is 563 g/mol. The van der Waals surface area contributed by atoms with Gasteiger partial charge in [0.05, 0.1) is 23.0 Å². The van der Waals surface area contributed by atoms with E-state index in [0.29, 0.717) is 5.36 Å². The lowest BCUT2D eigenvalue weighted by Gasteiger charge is -2.10. The van der Waals surface area contributed by atoms with Crippen molar-refractivity contribution in [1.29, 1.82) is 0 Å². The fourth-order valence-corrected chi connectivity index (χ4v) is 5.16. The molecule has 0 saturated heterocycles. The van der Waals surface area contributed by atoms with Gasteiger partial charge in [-0.2, -0.15) is 16.8 Å². The minimum atomic E-state index is -6.00. The van der Waals surface area contributed by atoms with Crippen molar-refractivity contribution in [2.24, 2.45) is 0 Å². The lowest BCUT2D eigenvalue weighted by molar-refractivity contribution is -0.466. The van der Waals surface area contributed by atoms with Crippen molar-refractivity contribution < 1.29 is 36.9 Å². The number of rotatable bonds is 8. The highest BCUT2D eigenvalue weighted by molar-refractivity contribution is 7.98. The number of nitro benzene ring substituents is 2. The molecule has 0 saturated carbocycles. The van der Waals surface area contributed by atoms with Crippen molar-refractivity contribution in [3.05, 3.63) is 103 Å². The van der Waals surface area contributed by atoms with Gasteiger partial charge in [-0.3, -0.25) is 20.2 Å². The van der Waals surface area contributed by atoms with Crippen molar-refractivity contribution in [3.8, 4) is 16.9 Å². The Morgan fingerprint density at radius 3 is 2.28 bits per heavy atom. The normalized spacial score (nSPS) is 11.5. The van der Waals surface area contributed by atoms with E-state index in [4.69, 9.17) is 4.74 Å². The maximum atomic E-state index is 11.4. The van der Waals surface area contributed by atoms with Gasteiger partial charge in [0.25, 0.3) is 5.69 Å². The molecule has 204 valence electrons. The smallest absolute Gasteiger partial charge is 0.497 e. The fraction of sp³-hybridized carbons (Fsp3) is 0.0870. The highest BCUT2D eigenvalue weighted by atomic mass is 32.2. The van der Waals surface area contributed by atoms with Gasteiger partial charge in [0.2, 0.25) is 5.36 Å². The molecule has 2 aromatic rings. The molecule has 0 amide bonds. The van der Waals surface area contributed by atoms with Gasteiger partial charge < -0.3 is 22.0 Å². The van der Waals surface area contributed by atoms with Gasteiger partial charge in [-0.05, 0) is 40.8 Å². The Hall–Kier alpha value is -4.18. The first-order chi connectivity index (χ1) is 18.4. The van der Waals surface area contributed by atoms with Gasteiger partial charge in [0, 0.05) is 39.8 Å². The lowest BCUT2D eigenvalue weighted by atomic mass is 10.1. The predicted molar refractivity (Wildman–Crippen MR) is 141 cm³/mol. The zero-order valence-corrected chi connectivity index (χ0v) is 21.6. The highest BCUT2D eigenvalue weighted by Gasteiger charge is 2.21. The second-order valence-electron chi connectivity index (χ2n) is 7.64. The number of nitrogens with zero attached hydrogens (tertiary/aromatic N) is 2. The monoisotopic (exact) mass is 582 g/mol. The molecule has 0 fully saturated rings. The quantitative estimate of drug-likeness (QED) is 0.0954. The third kappa shape index (κ3) is 8.96. The van der Waals surface area contributed by atoms with Gasteiger partial charge in [-0.25, -0.2) is 0 Å². The molecule has 1 heterocycles. The van der Waals surface area contributed by atoms with Crippen LogP contribution in [0, 0.1) is 20.2 Å². The van der Waals surface area contributed by atoms with Crippen molar-refractivity contribution in [1.82, 2.24) is 0 Å². The molecule has 0 bridgehead atoms. The van der Waals surface area contributed by atoms with Crippen LogP contribution in [-0.2, 0) is 5.75 Å². The van der Waals surface area contributed by atoms with Crippen molar-refractivity contribution >= 4 is 47.4 Å². The second kappa shape index (κ2) is 13.1. The zero-order valence-electron chi connectivity index (χ0n) is 20.0. The summed E-state index contributed by atoms with van der Waals surface area (Å²) in [5.74, 6) is 1.61. The summed E-state index contributed by atoms with van der Waals surface area (Å²) in [7, 11) is -4.36. The maximum absolute atomic E-state index is 11.4. The van der Waals surface area contributed by atoms with Crippen LogP contribution in [-0.4, -0.2) is 24.2 Å². The average molecular weight is 582 g/mol. The molecule has 39 heavy (non-hydrogen) atoms. The maximum Gasteiger partial charge on any atom is 0.673 e. The van der Waals surface area contributed by atoms with E-state index in [1.165, 1.54) is 17.7 Å². The number of anilines is 1. The Kier molecular flexibility index (Phi) is 9.84. The molecule has 0 aromatic heterocycles. The first kappa shape index (κ1) is 29.4. The van der Waals surface area contributed by atoms with Crippen LogP contribution in [0.2, 0.25) is 0 Å². The molecule has 16 heteroatoms. The summed E-state index contributed by atoms with van der Waals surface area (Å²) in [6.07, 6.45) is 0.